The first-order valence-corrected chi connectivity index (χ1v) is 11.5. The van der Waals surface area contributed by atoms with E-state index in [9.17, 15) is 10.2 Å². The Labute approximate surface area is 199 Å². The van der Waals surface area contributed by atoms with Gasteiger partial charge in [0, 0.05) is 21.2 Å². The van der Waals surface area contributed by atoms with Crippen LogP contribution in [0.25, 0.3) is 54.6 Å². The number of hydrogen-bond donors (Lipinski definition) is 2. The lowest BCUT2D eigenvalue weighted by Gasteiger charge is -2.17. The van der Waals surface area contributed by atoms with Crippen LogP contribution in [0.3, 0.4) is 0 Å². The smallest absolute Gasteiger partial charge is 0.132 e. The van der Waals surface area contributed by atoms with Crippen LogP contribution in [-0.2, 0) is 0 Å². The second kappa shape index (κ2) is 7.65. The van der Waals surface area contributed by atoms with E-state index >= 15 is 0 Å². The van der Waals surface area contributed by atoms with E-state index in [1.165, 1.54) is 0 Å². The second-order valence-electron chi connectivity index (χ2n) is 8.26. The molecular weight excluding hydrogens is 472 g/mol. The molecule has 0 saturated heterocycles. The van der Waals surface area contributed by atoms with Crippen molar-refractivity contribution in [2.24, 2.45) is 0 Å². The SMILES string of the molecule is Oc1ccc2cc(Br)ccc2c1-c1c(O)c(-c2ccc3ccccc3c2)cc2ccccc12. The van der Waals surface area contributed by atoms with Gasteiger partial charge >= 0.3 is 0 Å². The molecule has 6 aromatic rings. The molecule has 33 heavy (non-hydrogen) atoms. The molecular formula is C30H19BrO2. The summed E-state index contributed by atoms with van der Waals surface area (Å²) in [5.41, 5.74) is 2.95. The molecule has 2 N–H and O–H groups in total. The summed E-state index contributed by atoms with van der Waals surface area (Å²) in [5.74, 6) is 0.302. The van der Waals surface area contributed by atoms with Crippen LogP contribution in [0.4, 0.5) is 0 Å². The lowest BCUT2D eigenvalue weighted by Crippen LogP contribution is -1.90. The fourth-order valence-corrected chi connectivity index (χ4v) is 5.10. The molecule has 3 heteroatoms. The van der Waals surface area contributed by atoms with Gasteiger partial charge < -0.3 is 10.2 Å². The minimum Gasteiger partial charge on any atom is -0.507 e. The van der Waals surface area contributed by atoms with Gasteiger partial charge in [-0.3, -0.25) is 0 Å². The number of halogens is 1. The van der Waals surface area contributed by atoms with Crippen LogP contribution in [-0.4, -0.2) is 10.2 Å². The van der Waals surface area contributed by atoms with Crippen LogP contribution in [0.5, 0.6) is 11.5 Å². The highest BCUT2D eigenvalue weighted by Gasteiger charge is 2.20. The van der Waals surface area contributed by atoms with E-state index in [0.717, 1.165) is 47.9 Å². The van der Waals surface area contributed by atoms with Gasteiger partial charge in [-0.1, -0.05) is 88.7 Å². The van der Waals surface area contributed by atoms with Crippen molar-refractivity contribution in [2.75, 3.05) is 0 Å². The molecule has 0 spiro atoms. The summed E-state index contributed by atoms with van der Waals surface area (Å²) in [6.07, 6.45) is 0. The molecule has 2 nitrogen and oxygen atoms in total. The van der Waals surface area contributed by atoms with Crippen molar-refractivity contribution in [3.63, 3.8) is 0 Å². The Morgan fingerprint density at radius 3 is 2.03 bits per heavy atom. The van der Waals surface area contributed by atoms with Gasteiger partial charge in [-0.15, -0.1) is 0 Å². The fourth-order valence-electron chi connectivity index (χ4n) is 4.72. The topological polar surface area (TPSA) is 40.5 Å². The maximum atomic E-state index is 11.7. The molecule has 0 fully saturated rings. The van der Waals surface area contributed by atoms with Gasteiger partial charge in [-0.05, 0) is 68.2 Å². The first-order chi connectivity index (χ1) is 16.1. The quantitative estimate of drug-likeness (QED) is 0.255. The molecule has 0 atom stereocenters. The van der Waals surface area contributed by atoms with Crippen LogP contribution in [0.15, 0.2) is 108 Å². The van der Waals surface area contributed by atoms with Crippen LogP contribution >= 0.6 is 15.9 Å². The third-order valence-electron chi connectivity index (χ3n) is 6.29. The largest absolute Gasteiger partial charge is 0.507 e. The first kappa shape index (κ1) is 19.8. The molecule has 0 aliphatic rings. The maximum absolute atomic E-state index is 11.7. The third-order valence-corrected chi connectivity index (χ3v) is 6.79. The molecule has 0 bridgehead atoms. The van der Waals surface area contributed by atoms with Gasteiger partial charge in [0.05, 0.1) is 0 Å². The molecule has 0 aliphatic carbocycles. The summed E-state index contributed by atoms with van der Waals surface area (Å²) >= 11 is 3.54. The average molecular weight is 491 g/mol. The molecule has 6 rings (SSSR count). The van der Waals surface area contributed by atoms with Gasteiger partial charge in [0.15, 0.2) is 0 Å². The summed E-state index contributed by atoms with van der Waals surface area (Å²) < 4.78 is 0.964. The Bertz CT molecular complexity index is 1700. The van der Waals surface area contributed by atoms with Crippen molar-refractivity contribution in [3.8, 4) is 33.8 Å². The minimum absolute atomic E-state index is 0.140. The average Bonchev–Trinajstić information content (AvgIpc) is 2.84. The predicted octanol–water partition coefficient (Wildman–Crippen LogP) is 8.65. The normalized spacial score (nSPS) is 11.4. The molecule has 0 saturated carbocycles. The Balaban J connectivity index is 1.72. The lowest BCUT2D eigenvalue weighted by atomic mass is 9.88. The van der Waals surface area contributed by atoms with Crippen molar-refractivity contribution in [3.05, 3.63) is 108 Å². The van der Waals surface area contributed by atoms with E-state index in [4.69, 9.17) is 0 Å². The van der Waals surface area contributed by atoms with Crippen LogP contribution in [0.2, 0.25) is 0 Å². The second-order valence-corrected chi connectivity index (χ2v) is 9.17. The lowest BCUT2D eigenvalue weighted by molar-refractivity contribution is 0.471. The maximum Gasteiger partial charge on any atom is 0.132 e. The third kappa shape index (κ3) is 3.24. The first-order valence-electron chi connectivity index (χ1n) is 10.8. The molecule has 0 unspecified atom stereocenters. The highest BCUT2D eigenvalue weighted by atomic mass is 79.9. The van der Waals surface area contributed by atoms with Crippen molar-refractivity contribution in [1.82, 2.24) is 0 Å². The van der Waals surface area contributed by atoms with Crippen molar-refractivity contribution in [2.45, 2.75) is 0 Å². The summed E-state index contributed by atoms with van der Waals surface area (Å²) in [6, 6.07) is 34.0. The number of phenolic OH excluding ortho intramolecular Hbond substituents is 2. The molecule has 158 valence electrons. The summed E-state index contributed by atoms with van der Waals surface area (Å²) in [7, 11) is 0. The molecule has 0 aliphatic heterocycles. The summed E-state index contributed by atoms with van der Waals surface area (Å²) in [6.45, 7) is 0. The predicted molar refractivity (Wildman–Crippen MR) is 141 cm³/mol. The Hall–Kier alpha value is -3.82. The van der Waals surface area contributed by atoms with E-state index < -0.39 is 0 Å². The number of fused-ring (bicyclic) bond motifs is 3. The fraction of sp³-hybridized carbons (Fsp3) is 0. The molecule has 0 radical (unpaired) electrons. The van der Waals surface area contributed by atoms with E-state index in [1.54, 1.807) is 6.07 Å². The van der Waals surface area contributed by atoms with Gasteiger partial charge in [0.2, 0.25) is 0 Å². The molecule has 6 aromatic carbocycles. The Morgan fingerprint density at radius 1 is 0.515 bits per heavy atom. The zero-order chi connectivity index (χ0) is 22.5. The van der Waals surface area contributed by atoms with E-state index in [2.05, 4.69) is 40.2 Å². The van der Waals surface area contributed by atoms with E-state index in [-0.39, 0.29) is 11.5 Å². The van der Waals surface area contributed by atoms with Crippen molar-refractivity contribution >= 4 is 48.2 Å². The molecule has 0 amide bonds. The summed E-state index contributed by atoms with van der Waals surface area (Å²) in [4.78, 5) is 0. The van der Waals surface area contributed by atoms with Gasteiger partial charge in [0.1, 0.15) is 11.5 Å². The molecule has 0 aromatic heterocycles. The standard InChI is InChI=1S/C30H19BrO2/c31-23-12-13-25-22(16-23)11-14-27(32)28(25)29-24-8-4-3-7-20(24)17-26(30(29)33)21-10-9-18-5-1-2-6-19(18)15-21/h1-17,32-33H. The van der Waals surface area contributed by atoms with Crippen LogP contribution < -0.4 is 0 Å². The van der Waals surface area contributed by atoms with Crippen LogP contribution in [0, 0.1) is 0 Å². The van der Waals surface area contributed by atoms with Gasteiger partial charge in [-0.25, -0.2) is 0 Å². The zero-order valence-corrected chi connectivity index (χ0v) is 19.2. The van der Waals surface area contributed by atoms with E-state index in [1.807, 2.05) is 72.8 Å². The van der Waals surface area contributed by atoms with Gasteiger partial charge in [-0.2, -0.15) is 0 Å². The van der Waals surface area contributed by atoms with Gasteiger partial charge in [0.25, 0.3) is 0 Å². The van der Waals surface area contributed by atoms with E-state index in [0.29, 0.717) is 11.1 Å². The number of rotatable bonds is 2. The highest BCUT2D eigenvalue weighted by molar-refractivity contribution is 9.10. The number of aromatic hydroxyl groups is 2. The number of hydrogen-bond acceptors (Lipinski definition) is 2. The monoisotopic (exact) mass is 490 g/mol. The Morgan fingerprint density at radius 2 is 1.18 bits per heavy atom. The Kier molecular flexibility index (Phi) is 4.60. The summed E-state index contributed by atoms with van der Waals surface area (Å²) in [5, 5.41) is 28.7. The van der Waals surface area contributed by atoms with Crippen molar-refractivity contribution < 1.29 is 10.2 Å². The molecule has 0 heterocycles. The van der Waals surface area contributed by atoms with Crippen molar-refractivity contribution in [1.29, 1.82) is 0 Å². The minimum atomic E-state index is 0.140. The highest BCUT2D eigenvalue weighted by Crippen LogP contribution is 2.49. The number of phenols is 2. The number of benzene rings is 6. The van der Waals surface area contributed by atoms with Crippen LogP contribution in [0.1, 0.15) is 0 Å². The zero-order valence-electron chi connectivity index (χ0n) is 17.6.